The van der Waals surface area contributed by atoms with Gasteiger partial charge in [-0.15, -0.1) is 10.2 Å². The summed E-state index contributed by atoms with van der Waals surface area (Å²) in [6.07, 6.45) is 3.42. The summed E-state index contributed by atoms with van der Waals surface area (Å²) in [5.41, 5.74) is 0. The number of ether oxygens (including phenoxy) is 1. The standard InChI is InChI=1S/C12H19N3O3/c1-8(12(16)17-3)15(10-5-4-6-10)7-11-14-13-9(2)18-11/h8,10H,4-7H2,1-3H3/t8-/m1/s1. The number of methoxy groups -OCH3 is 1. The SMILES string of the molecule is COC(=O)[C@@H](C)N(Cc1nnc(C)o1)C1CCC1. The predicted octanol–water partition coefficient (Wildman–Crippen LogP) is 1.29. The summed E-state index contributed by atoms with van der Waals surface area (Å²) in [7, 11) is 1.41. The third-order valence-electron chi connectivity index (χ3n) is 3.47. The van der Waals surface area contributed by atoms with Crippen LogP contribution in [0.3, 0.4) is 0 Å². The maximum Gasteiger partial charge on any atom is 0.322 e. The average molecular weight is 253 g/mol. The summed E-state index contributed by atoms with van der Waals surface area (Å²) in [6.45, 7) is 4.11. The van der Waals surface area contributed by atoms with E-state index in [1.807, 2.05) is 6.92 Å². The van der Waals surface area contributed by atoms with Gasteiger partial charge >= 0.3 is 5.97 Å². The highest BCUT2D eigenvalue weighted by Gasteiger charge is 2.33. The number of hydrogen-bond acceptors (Lipinski definition) is 6. The normalized spacial score (nSPS) is 17.6. The Morgan fingerprint density at radius 2 is 2.28 bits per heavy atom. The number of hydrogen-bond donors (Lipinski definition) is 0. The Labute approximate surface area is 106 Å². The van der Waals surface area contributed by atoms with Crippen LogP contribution in [-0.4, -0.2) is 40.3 Å². The minimum atomic E-state index is -0.285. The third kappa shape index (κ3) is 2.69. The van der Waals surface area contributed by atoms with Crippen LogP contribution < -0.4 is 0 Å². The molecule has 18 heavy (non-hydrogen) atoms. The lowest BCUT2D eigenvalue weighted by atomic mass is 9.90. The lowest BCUT2D eigenvalue weighted by Crippen LogP contribution is -2.48. The van der Waals surface area contributed by atoms with Crippen LogP contribution in [0, 0.1) is 6.92 Å². The van der Waals surface area contributed by atoms with Crippen LogP contribution in [0.1, 0.15) is 38.0 Å². The molecule has 1 fully saturated rings. The van der Waals surface area contributed by atoms with E-state index in [2.05, 4.69) is 15.1 Å². The molecule has 0 radical (unpaired) electrons. The molecule has 0 amide bonds. The average Bonchev–Trinajstić information content (AvgIpc) is 2.69. The topological polar surface area (TPSA) is 68.5 Å². The highest BCUT2D eigenvalue weighted by atomic mass is 16.5. The minimum Gasteiger partial charge on any atom is -0.468 e. The molecule has 1 aliphatic rings. The number of aromatic nitrogens is 2. The Morgan fingerprint density at radius 1 is 1.56 bits per heavy atom. The lowest BCUT2D eigenvalue weighted by molar-refractivity contribution is -0.148. The molecule has 0 spiro atoms. The van der Waals surface area contributed by atoms with Gasteiger partial charge in [-0.25, -0.2) is 0 Å². The molecule has 1 aromatic heterocycles. The van der Waals surface area contributed by atoms with Gasteiger partial charge in [0.05, 0.1) is 13.7 Å². The van der Waals surface area contributed by atoms with Crippen LogP contribution >= 0.6 is 0 Å². The molecule has 0 aliphatic heterocycles. The molecule has 0 bridgehead atoms. The van der Waals surface area contributed by atoms with E-state index in [0.717, 1.165) is 12.8 Å². The van der Waals surface area contributed by atoms with Crippen LogP contribution in [0.4, 0.5) is 0 Å². The Kier molecular flexibility index (Phi) is 3.96. The van der Waals surface area contributed by atoms with Crippen molar-refractivity contribution in [3.63, 3.8) is 0 Å². The second-order valence-corrected chi connectivity index (χ2v) is 4.67. The second-order valence-electron chi connectivity index (χ2n) is 4.67. The zero-order valence-electron chi connectivity index (χ0n) is 11.0. The molecule has 1 heterocycles. The van der Waals surface area contributed by atoms with Gasteiger partial charge in [-0.2, -0.15) is 0 Å². The van der Waals surface area contributed by atoms with Crippen molar-refractivity contribution >= 4 is 5.97 Å². The van der Waals surface area contributed by atoms with Crippen molar-refractivity contribution in [1.82, 2.24) is 15.1 Å². The van der Waals surface area contributed by atoms with Crippen molar-refractivity contribution in [2.75, 3.05) is 7.11 Å². The Morgan fingerprint density at radius 3 is 2.72 bits per heavy atom. The first-order valence-corrected chi connectivity index (χ1v) is 6.24. The molecule has 1 saturated carbocycles. The fourth-order valence-electron chi connectivity index (χ4n) is 2.16. The molecule has 1 atom stereocenters. The molecule has 6 nitrogen and oxygen atoms in total. The van der Waals surface area contributed by atoms with E-state index in [9.17, 15) is 4.79 Å². The van der Waals surface area contributed by atoms with Crippen molar-refractivity contribution in [3.8, 4) is 0 Å². The number of carbonyl (C=O) groups is 1. The van der Waals surface area contributed by atoms with E-state index in [0.29, 0.717) is 24.4 Å². The van der Waals surface area contributed by atoms with Gasteiger partial charge in [-0.3, -0.25) is 9.69 Å². The number of carbonyl (C=O) groups excluding carboxylic acids is 1. The van der Waals surface area contributed by atoms with Crippen molar-refractivity contribution in [1.29, 1.82) is 0 Å². The van der Waals surface area contributed by atoms with Crippen molar-refractivity contribution in [2.24, 2.45) is 0 Å². The van der Waals surface area contributed by atoms with Gasteiger partial charge in [0.2, 0.25) is 11.8 Å². The predicted molar refractivity (Wildman–Crippen MR) is 63.7 cm³/mol. The van der Waals surface area contributed by atoms with E-state index in [-0.39, 0.29) is 12.0 Å². The number of esters is 1. The highest BCUT2D eigenvalue weighted by Crippen LogP contribution is 2.28. The molecular formula is C12H19N3O3. The summed E-state index contributed by atoms with van der Waals surface area (Å²) in [6, 6.07) is 0.124. The molecule has 6 heteroatoms. The van der Waals surface area contributed by atoms with Gasteiger partial charge in [-0.05, 0) is 19.8 Å². The first-order chi connectivity index (χ1) is 8.61. The van der Waals surface area contributed by atoms with Gasteiger partial charge in [0.1, 0.15) is 6.04 Å². The van der Waals surface area contributed by atoms with Crippen LogP contribution in [0.15, 0.2) is 4.42 Å². The van der Waals surface area contributed by atoms with E-state index in [1.165, 1.54) is 13.5 Å². The first-order valence-electron chi connectivity index (χ1n) is 6.24. The second kappa shape index (κ2) is 5.48. The largest absolute Gasteiger partial charge is 0.468 e. The summed E-state index contributed by atoms with van der Waals surface area (Å²) >= 11 is 0. The Bertz CT molecular complexity index is 414. The van der Waals surface area contributed by atoms with Gasteiger partial charge in [0.15, 0.2) is 0 Å². The lowest BCUT2D eigenvalue weighted by Gasteiger charge is -2.39. The van der Waals surface area contributed by atoms with Gasteiger partial charge in [0, 0.05) is 13.0 Å². The molecule has 0 N–H and O–H groups in total. The summed E-state index contributed by atoms with van der Waals surface area (Å²) in [4.78, 5) is 13.7. The number of aryl methyl sites for hydroxylation is 1. The number of nitrogens with zero attached hydrogens (tertiary/aromatic N) is 3. The van der Waals surface area contributed by atoms with Crippen LogP contribution in [-0.2, 0) is 16.1 Å². The highest BCUT2D eigenvalue weighted by molar-refractivity contribution is 5.75. The van der Waals surface area contributed by atoms with E-state index in [4.69, 9.17) is 9.15 Å². The monoisotopic (exact) mass is 253 g/mol. The Balaban J connectivity index is 2.07. The summed E-state index contributed by atoms with van der Waals surface area (Å²) in [5, 5.41) is 7.79. The molecule has 1 aromatic rings. The molecule has 100 valence electrons. The smallest absolute Gasteiger partial charge is 0.322 e. The van der Waals surface area contributed by atoms with Crippen molar-refractivity contribution in [2.45, 2.75) is 51.7 Å². The Hall–Kier alpha value is -1.43. The van der Waals surface area contributed by atoms with E-state index in [1.54, 1.807) is 6.92 Å². The maximum atomic E-state index is 11.7. The molecule has 1 aliphatic carbocycles. The molecular weight excluding hydrogens is 234 g/mol. The zero-order valence-corrected chi connectivity index (χ0v) is 11.0. The molecule has 0 aromatic carbocycles. The quantitative estimate of drug-likeness (QED) is 0.737. The van der Waals surface area contributed by atoms with Crippen molar-refractivity contribution in [3.05, 3.63) is 11.8 Å². The molecule has 0 saturated heterocycles. The van der Waals surface area contributed by atoms with Gasteiger partial charge in [-0.1, -0.05) is 6.42 Å². The van der Waals surface area contributed by atoms with Crippen LogP contribution in [0.2, 0.25) is 0 Å². The van der Waals surface area contributed by atoms with Crippen LogP contribution in [0.25, 0.3) is 0 Å². The van der Waals surface area contributed by atoms with E-state index >= 15 is 0 Å². The fourth-order valence-corrected chi connectivity index (χ4v) is 2.16. The zero-order chi connectivity index (χ0) is 13.1. The maximum absolute atomic E-state index is 11.7. The van der Waals surface area contributed by atoms with E-state index < -0.39 is 0 Å². The third-order valence-corrected chi connectivity index (χ3v) is 3.47. The fraction of sp³-hybridized carbons (Fsp3) is 0.750. The molecule has 0 unspecified atom stereocenters. The van der Waals surface area contributed by atoms with Gasteiger partial charge < -0.3 is 9.15 Å². The minimum absolute atomic E-state index is 0.224. The number of rotatable bonds is 5. The van der Waals surface area contributed by atoms with Crippen molar-refractivity contribution < 1.29 is 13.9 Å². The first kappa shape index (κ1) is 13.0. The summed E-state index contributed by atoms with van der Waals surface area (Å²) < 4.78 is 10.2. The van der Waals surface area contributed by atoms with Gasteiger partial charge in [0.25, 0.3) is 0 Å². The molecule has 2 rings (SSSR count). The summed E-state index contributed by atoms with van der Waals surface area (Å²) in [5.74, 6) is 0.873. The van der Waals surface area contributed by atoms with Crippen LogP contribution in [0.5, 0.6) is 0 Å².